The number of nitrogens with zero attached hydrogens (tertiary/aromatic N) is 2. The van der Waals surface area contributed by atoms with Crippen LogP contribution in [0.3, 0.4) is 0 Å². The average Bonchev–Trinajstić information content (AvgIpc) is 3.04. The lowest BCUT2D eigenvalue weighted by molar-refractivity contribution is -0.140. The van der Waals surface area contributed by atoms with Gasteiger partial charge < -0.3 is 19.8 Å². The molecule has 2 N–H and O–H groups in total. The van der Waals surface area contributed by atoms with E-state index in [2.05, 4.69) is 16.8 Å². The minimum absolute atomic E-state index is 0.108. The lowest BCUT2D eigenvalue weighted by atomic mass is 10.1. The molecule has 7 heteroatoms. The number of nitrogens with two attached hydrogens (primary N) is 1. The molecular weight excluding hydrogens is 334 g/mol. The van der Waals surface area contributed by atoms with Crippen molar-refractivity contribution in [3.05, 3.63) is 42.0 Å². The maximum absolute atomic E-state index is 12.2. The largest absolute Gasteiger partial charge is 0.469 e. The van der Waals surface area contributed by atoms with Crippen molar-refractivity contribution in [1.29, 1.82) is 0 Å². The molecule has 2 aromatic rings. The van der Waals surface area contributed by atoms with Gasteiger partial charge in [-0.15, -0.1) is 0 Å². The topological polar surface area (TPSA) is 96.4 Å². The van der Waals surface area contributed by atoms with E-state index in [1.54, 1.807) is 23.0 Å². The quantitative estimate of drug-likeness (QED) is 0.624. The van der Waals surface area contributed by atoms with Gasteiger partial charge >= 0.3 is 11.9 Å². The molecule has 7 nitrogen and oxygen atoms in total. The van der Waals surface area contributed by atoms with Crippen molar-refractivity contribution in [3.63, 3.8) is 0 Å². The van der Waals surface area contributed by atoms with Gasteiger partial charge in [0.15, 0.2) is 0 Å². The summed E-state index contributed by atoms with van der Waals surface area (Å²) in [5.74, 6) is 5.19. The van der Waals surface area contributed by atoms with E-state index in [0.717, 1.165) is 11.1 Å². The third-order valence-corrected chi connectivity index (χ3v) is 3.73. The second-order valence-electron chi connectivity index (χ2n) is 5.34. The van der Waals surface area contributed by atoms with Crippen molar-refractivity contribution in [2.45, 2.75) is 19.4 Å². The predicted molar refractivity (Wildman–Crippen MR) is 96.2 cm³/mol. The summed E-state index contributed by atoms with van der Waals surface area (Å²) in [5, 5.41) is 0. The molecule has 0 radical (unpaired) electrons. The molecule has 2 heterocycles. The fourth-order valence-electron chi connectivity index (χ4n) is 2.46. The lowest BCUT2D eigenvalue weighted by Gasteiger charge is -2.09. The molecule has 0 unspecified atom stereocenters. The van der Waals surface area contributed by atoms with Crippen LogP contribution in [0.5, 0.6) is 0 Å². The van der Waals surface area contributed by atoms with E-state index in [1.807, 2.05) is 12.1 Å². The zero-order valence-corrected chi connectivity index (χ0v) is 14.8. The van der Waals surface area contributed by atoms with Gasteiger partial charge in [0.05, 0.1) is 20.6 Å². The average molecular weight is 355 g/mol. The number of hydrogen-bond acceptors (Lipinski definition) is 6. The molecule has 26 heavy (non-hydrogen) atoms. The highest BCUT2D eigenvalue weighted by Crippen LogP contribution is 2.27. The van der Waals surface area contributed by atoms with Crippen LogP contribution in [0.4, 0.5) is 0 Å². The van der Waals surface area contributed by atoms with Gasteiger partial charge in [-0.3, -0.25) is 9.78 Å². The molecule has 0 aliphatic carbocycles. The maximum atomic E-state index is 12.2. The third-order valence-electron chi connectivity index (χ3n) is 3.73. The first-order valence-electron chi connectivity index (χ1n) is 8.10. The second kappa shape index (κ2) is 9.39. The smallest absolute Gasteiger partial charge is 0.354 e. The number of esters is 2. The predicted octanol–water partition coefficient (Wildman–Crippen LogP) is 1.60. The van der Waals surface area contributed by atoms with Crippen molar-refractivity contribution in [2.24, 2.45) is 5.73 Å². The highest BCUT2D eigenvalue weighted by Gasteiger charge is 2.21. The summed E-state index contributed by atoms with van der Waals surface area (Å²) in [6.07, 6.45) is 3.95. The Morgan fingerprint density at radius 1 is 1.23 bits per heavy atom. The van der Waals surface area contributed by atoms with Gasteiger partial charge in [-0.1, -0.05) is 5.92 Å². The van der Waals surface area contributed by atoms with Crippen LogP contribution in [0.25, 0.3) is 11.1 Å². The summed E-state index contributed by atoms with van der Waals surface area (Å²) in [6.45, 7) is 0.680. The van der Waals surface area contributed by atoms with Crippen molar-refractivity contribution >= 4 is 11.9 Å². The minimum atomic E-state index is -0.503. The molecule has 0 atom stereocenters. The van der Waals surface area contributed by atoms with Crippen LogP contribution in [-0.2, 0) is 20.8 Å². The Hall–Kier alpha value is -3.11. The van der Waals surface area contributed by atoms with Crippen LogP contribution >= 0.6 is 0 Å². The summed E-state index contributed by atoms with van der Waals surface area (Å²) in [6, 6.07) is 5.37. The van der Waals surface area contributed by atoms with Gasteiger partial charge in [-0.2, -0.15) is 0 Å². The zero-order chi connectivity index (χ0) is 18.9. The Kier molecular flexibility index (Phi) is 6.94. The van der Waals surface area contributed by atoms with Crippen molar-refractivity contribution in [1.82, 2.24) is 9.55 Å². The number of hydrogen-bond donors (Lipinski definition) is 1. The maximum Gasteiger partial charge on any atom is 0.354 e. The van der Waals surface area contributed by atoms with Gasteiger partial charge in [0.2, 0.25) is 0 Å². The summed E-state index contributed by atoms with van der Waals surface area (Å²) in [7, 11) is 2.63. The number of methoxy groups -OCH3 is 2. The van der Waals surface area contributed by atoms with E-state index < -0.39 is 5.97 Å². The van der Waals surface area contributed by atoms with Crippen LogP contribution in [0.1, 0.15) is 29.0 Å². The van der Waals surface area contributed by atoms with Crippen LogP contribution in [0.2, 0.25) is 0 Å². The molecule has 0 bridgehead atoms. The number of rotatable bonds is 6. The number of pyridine rings is 1. The Morgan fingerprint density at radius 3 is 2.58 bits per heavy atom. The number of aromatic nitrogens is 2. The molecular formula is C19H21N3O4. The summed E-state index contributed by atoms with van der Waals surface area (Å²) < 4.78 is 11.3. The third kappa shape index (κ3) is 4.49. The van der Waals surface area contributed by atoms with Crippen LogP contribution in [0.15, 0.2) is 30.6 Å². The monoisotopic (exact) mass is 355 g/mol. The highest BCUT2D eigenvalue weighted by atomic mass is 16.5. The van der Waals surface area contributed by atoms with Crippen LogP contribution in [-0.4, -0.2) is 42.3 Å². The number of carbonyl (C=O) groups is 2. The molecule has 0 saturated carbocycles. The van der Waals surface area contributed by atoms with Crippen LogP contribution < -0.4 is 5.73 Å². The van der Waals surface area contributed by atoms with Gasteiger partial charge in [0, 0.05) is 37.5 Å². The van der Waals surface area contributed by atoms with E-state index in [9.17, 15) is 9.59 Å². The molecule has 2 rings (SSSR count). The van der Waals surface area contributed by atoms with Crippen LogP contribution in [0, 0.1) is 11.8 Å². The summed E-state index contributed by atoms with van der Waals surface area (Å²) in [4.78, 5) is 27.8. The van der Waals surface area contributed by atoms with Gasteiger partial charge in [0.1, 0.15) is 11.4 Å². The van der Waals surface area contributed by atoms with E-state index in [1.165, 1.54) is 14.2 Å². The molecule has 0 aromatic carbocycles. The van der Waals surface area contributed by atoms with Gasteiger partial charge in [-0.25, -0.2) is 4.79 Å². The standard InChI is InChI=1S/C19H21N3O4/c1-25-18(23)8-12-22-16(5-3-4-9-20)15(13-17(22)19(24)26-2)14-6-10-21-11-7-14/h6-7,10-11,13H,4,8-9,12,20H2,1-2H3. The molecule has 0 spiro atoms. The second-order valence-corrected chi connectivity index (χ2v) is 5.34. The number of carbonyl (C=O) groups excluding carboxylic acids is 2. The normalized spacial score (nSPS) is 9.96. The molecule has 0 fully saturated rings. The van der Waals surface area contributed by atoms with Crippen molar-refractivity contribution in [2.75, 3.05) is 20.8 Å². The van der Waals surface area contributed by atoms with Crippen molar-refractivity contribution < 1.29 is 19.1 Å². The molecule has 2 aromatic heterocycles. The lowest BCUT2D eigenvalue weighted by Crippen LogP contribution is -2.15. The first-order chi connectivity index (χ1) is 12.6. The van der Waals surface area contributed by atoms with Crippen molar-refractivity contribution in [3.8, 4) is 23.0 Å². The highest BCUT2D eigenvalue weighted by molar-refractivity contribution is 5.91. The van der Waals surface area contributed by atoms with Gasteiger partial charge in [-0.05, 0) is 29.7 Å². The molecule has 0 amide bonds. The van der Waals surface area contributed by atoms with Gasteiger partial charge in [0.25, 0.3) is 0 Å². The fraction of sp³-hybridized carbons (Fsp3) is 0.316. The summed E-state index contributed by atoms with van der Waals surface area (Å²) >= 11 is 0. The molecule has 136 valence electrons. The van der Waals surface area contributed by atoms with E-state index >= 15 is 0 Å². The fourth-order valence-corrected chi connectivity index (χ4v) is 2.46. The first kappa shape index (κ1) is 19.2. The Morgan fingerprint density at radius 2 is 1.96 bits per heavy atom. The first-order valence-corrected chi connectivity index (χ1v) is 8.10. The summed E-state index contributed by atoms with van der Waals surface area (Å²) in [5.41, 5.74) is 8.08. The minimum Gasteiger partial charge on any atom is -0.469 e. The Balaban J connectivity index is 2.60. The zero-order valence-electron chi connectivity index (χ0n) is 14.8. The Bertz CT molecular complexity index is 832. The molecule has 0 saturated heterocycles. The van der Waals surface area contributed by atoms with E-state index in [4.69, 9.17) is 15.2 Å². The number of ether oxygens (including phenoxy) is 2. The Labute approximate surface area is 152 Å². The molecule has 0 aliphatic heterocycles. The van der Waals surface area contributed by atoms with E-state index in [0.29, 0.717) is 24.4 Å². The molecule has 0 aliphatic rings. The SMILES string of the molecule is COC(=O)CCn1c(C(=O)OC)cc(-c2ccncc2)c1C#CCCN. The van der Waals surface area contributed by atoms with E-state index in [-0.39, 0.29) is 18.9 Å².